The fraction of sp³-hybridized carbons (Fsp3) is 0.714. The van der Waals surface area contributed by atoms with Gasteiger partial charge < -0.3 is 24.9 Å². The monoisotopic (exact) mass is 367 g/mol. The number of carbonyl (C=O) groups excluding carboxylic acids is 3. The average Bonchev–Trinajstić information content (AvgIpc) is 3.22. The molecule has 2 rings (SSSR count). The molecule has 0 aromatic heterocycles. The number of carboxylic acids is 1. The molecule has 11 heteroatoms. The molecule has 0 radical (unpaired) electrons. The predicted molar refractivity (Wildman–Crippen MR) is 76.3 cm³/mol. The van der Waals surface area contributed by atoms with Gasteiger partial charge in [-0.15, -0.1) is 0 Å². The first-order chi connectivity index (χ1) is 11.6. The third kappa shape index (κ3) is 5.69. The Morgan fingerprint density at radius 3 is 2.40 bits per heavy atom. The zero-order valence-corrected chi connectivity index (χ0v) is 13.6. The molecular weight excluding hydrogens is 347 g/mol. The molecule has 0 aliphatic carbocycles. The van der Waals surface area contributed by atoms with Gasteiger partial charge in [0.1, 0.15) is 18.1 Å². The van der Waals surface area contributed by atoms with Crippen LogP contribution < -0.4 is 10.4 Å². The minimum absolute atomic E-state index is 0.0362. The number of aliphatic imine (C=N–C) groups is 1. The second-order valence-corrected chi connectivity index (χ2v) is 5.65. The number of halogens is 3. The summed E-state index contributed by atoms with van der Waals surface area (Å²) in [6.45, 7) is 4.97. The molecular formula is C14H20F3N3O5. The number of alkyl halides is 3. The SMILES string of the molecule is C=N[C@H]1C[NH2+][C@H](C(=O)N2CCC[C@H]2C(=O)OC)C1.O=C([O-])C(F)(F)F. The molecule has 0 aromatic carbocycles. The van der Waals surface area contributed by atoms with E-state index in [2.05, 4.69) is 11.7 Å². The number of amides is 1. The van der Waals surface area contributed by atoms with Crippen molar-refractivity contribution in [2.75, 3.05) is 20.2 Å². The van der Waals surface area contributed by atoms with Gasteiger partial charge in [0.2, 0.25) is 0 Å². The van der Waals surface area contributed by atoms with Crippen LogP contribution in [0, 0.1) is 0 Å². The second-order valence-electron chi connectivity index (χ2n) is 5.65. The van der Waals surface area contributed by atoms with E-state index in [1.165, 1.54) is 7.11 Å². The number of carbonyl (C=O) groups is 3. The number of quaternary nitrogens is 1. The summed E-state index contributed by atoms with van der Waals surface area (Å²) in [5.74, 6) is -3.28. The lowest BCUT2D eigenvalue weighted by atomic mass is 10.1. The molecule has 0 bridgehead atoms. The number of nitrogens with zero attached hydrogens (tertiary/aromatic N) is 2. The highest BCUT2D eigenvalue weighted by molar-refractivity contribution is 5.87. The van der Waals surface area contributed by atoms with E-state index >= 15 is 0 Å². The van der Waals surface area contributed by atoms with Crippen LogP contribution >= 0.6 is 0 Å². The van der Waals surface area contributed by atoms with E-state index in [0.717, 1.165) is 13.0 Å². The standard InChI is InChI=1S/C12H19N3O3.C2HF3O2/c1-13-8-6-9(14-7-8)11(16)15-5-3-4-10(15)12(17)18-2;3-2(4,5)1(6)7/h8-10,14H,1,3-7H2,2H3;(H,6,7)/t8-,9+,10+;/m1./s1. The molecule has 0 aromatic rings. The first kappa shape index (κ1) is 20.9. The molecule has 2 aliphatic rings. The molecule has 3 atom stereocenters. The fourth-order valence-electron chi connectivity index (χ4n) is 2.78. The van der Waals surface area contributed by atoms with Crippen LogP contribution in [0.1, 0.15) is 19.3 Å². The Balaban J connectivity index is 0.000000381. The van der Waals surface area contributed by atoms with Crippen LogP contribution in [-0.2, 0) is 19.1 Å². The third-order valence-corrected chi connectivity index (χ3v) is 4.03. The van der Waals surface area contributed by atoms with Gasteiger partial charge in [0.15, 0.2) is 6.04 Å². The Kier molecular flexibility index (Phi) is 7.34. The number of rotatable bonds is 3. The Hall–Kier alpha value is -2.17. The van der Waals surface area contributed by atoms with E-state index in [4.69, 9.17) is 14.6 Å². The van der Waals surface area contributed by atoms with Crippen LogP contribution in [0.25, 0.3) is 0 Å². The van der Waals surface area contributed by atoms with E-state index in [0.29, 0.717) is 19.4 Å². The molecule has 2 N–H and O–H groups in total. The third-order valence-electron chi connectivity index (χ3n) is 4.03. The van der Waals surface area contributed by atoms with Crippen LogP contribution in [0.4, 0.5) is 13.2 Å². The van der Waals surface area contributed by atoms with Gasteiger partial charge in [0, 0.05) is 13.0 Å². The first-order valence-electron chi connectivity index (χ1n) is 7.57. The fourth-order valence-corrected chi connectivity index (χ4v) is 2.78. The molecule has 142 valence electrons. The number of esters is 1. The highest BCUT2D eigenvalue weighted by atomic mass is 19.4. The molecule has 0 saturated carbocycles. The minimum atomic E-state index is -5.19. The number of hydrogen-bond donors (Lipinski definition) is 1. The molecule has 0 unspecified atom stereocenters. The number of carboxylic acid groups (broad SMARTS) is 1. The Morgan fingerprint density at radius 1 is 1.36 bits per heavy atom. The summed E-state index contributed by atoms with van der Waals surface area (Å²) >= 11 is 0. The van der Waals surface area contributed by atoms with Crippen LogP contribution in [0.15, 0.2) is 4.99 Å². The van der Waals surface area contributed by atoms with E-state index in [1.54, 1.807) is 4.90 Å². The van der Waals surface area contributed by atoms with Crippen molar-refractivity contribution in [2.45, 2.75) is 43.6 Å². The van der Waals surface area contributed by atoms with E-state index < -0.39 is 18.2 Å². The number of likely N-dealkylation sites (tertiary alicyclic amines) is 1. The molecule has 2 heterocycles. The summed E-state index contributed by atoms with van der Waals surface area (Å²) in [4.78, 5) is 38.4. The summed E-state index contributed by atoms with van der Waals surface area (Å²) in [5.41, 5.74) is 0. The van der Waals surface area contributed by atoms with Gasteiger partial charge >= 0.3 is 12.1 Å². The smallest absolute Gasteiger partial charge is 0.430 e. The van der Waals surface area contributed by atoms with Crippen LogP contribution in [0.2, 0.25) is 0 Å². The lowest BCUT2D eigenvalue weighted by Crippen LogP contribution is -2.89. The molecule has 2 saturated heterocycles. The number of ether oxygens (including phenoxy) is 1. The zero-order valence-electron chi connectivity index (χ0n) is 13.6. The topological polar surface area (TPSA) is 116 Å². The summed E-state index contributed by atoms with van der Waals surface area (Å²) in [6.07, 6.45) is -2.91. The number of nitrogens with two attached hydrogens (primary N) is 1. The summed E-state index contributed by atoms with van der Waals surface area (Å²) in [6, 6.07) is -0.365. The van der Waals surface area contributed by atoms with Crippen molar-refractivity contribution >= 4 is 24.6 Å². The molecule has 1 amide bonds. The van der Waals surface area contributed by atoms with Crippen LogP contribution in [0.3, 0.4) is 0 Å². The molecule has 2 fully saturated rings. The minimum Gasteiger partial charge on any atom is -0.542 e. The number of methoxy groups -OCH3 is 1. The maximum atomic E-state index is 12.4. The van der Waals surface area contributed by atoms with E-state index in [9.17, 15) is 22.8 Å². The van der Waals surface area contributed by atoms with Crippen molar-refractivity contribution in [3.63, 3.8) is 0 Å². The number of hydrogen-bond acceptors (Lipinski definition) is 6. The van der Waals surface area contributed by atoms with E-state index in [1.807, 2.05) is 5.32 Å². The van der Waals surface area contributed by atoms with Crippen molar-refractivity contribution in [3.05, 3.63) is 0 Å². The Labute approximate surface area is 142 Å². The lowest BCUT2D eigenvalue weighted by molar-refractivity contribution is -0.658. The Morgan fingerprint density at radius 2 is 1.96 bits per heavy atom. The van der Waals surface area contributed by atoms with Crippen molar-refractivity contribution in [1.82, 2.24) is 4.90 Å². The first-order valence-corrected chi connectivity index (χ1v) is 7.57. The lowest BCUT2D eigenvalue weighted by Gasteiger charge is -2.24. The van der Waals surface area contributed by atoms with Gasteiger partial charge in [0.25, 0.3) is 5.91 Å². The van der Waals surface area contributed by atoms with E-state index in [-0.39, 0.29) is 24.0 Å². The molecule has 2 aliphatic heterocycles. The average molecular weight is 367 g/mol. The maximum Gasteiger partial charge on any atom is 0.430 e. The van der Waals surface area contributed by atoms with Gasteiger partial charge in [-0.25, -0.2) is 4.79 Å². The highest BCUT2D eigenvalue weighted by Crippen LogP contribution is 2.20. The summed E-state index contributed by atoms with van der Waals surface area (Å²) < 4.78 is 36.3. The zero-order chi connectivity index (χ0) is 19.2. The number of aliphatic carboxylic acids is 1. The summed E-state index contributed by atoms with van der Waals surface area (Å²) in [5, 5.41) is 10.8. The van der Waals surface area contributed by atoms with Crippen molar-refractivity contribution in [3.8, 4) is 0 Å². The van der Waals surface area contributed by atoms with Crippen molar-refractivity contribution in [1.29, 1.82) is 0 Å². The second kappa shape index (κ2) is 8.79. The maximum absolute atomic E-state index is 12.4. The molecule has 0 spiro atoms. The van der Waals surface area contributed by atoms with Crippen molar-refractivity contribution < 1.29 is 42.7 Å². The largest absolute Gasteiger partial charge is 0.542 e. The van der Waals surface area contributed by atoms with Gasteiger partial charge in [-0.2, -0.15) is 13.2 Å². The van der Waals surface area contributed by atoms with Gasteiger partial charge in [-0.1, -0.05) is 0 Å². The van der Waals surface area contributed by atoms with Gasteiger partial charge in [-0.05, 0) is 19.6 Å². The van der Waals surface area contributed by atoms with Gasteiger partial charge in [0.05, 0.1) is 13.7 Å². The van der Waals surface area contributed by atoms with Crippen molar-refractivity contribution in [2.24, 2.45) is 4.99 Å². The molecule has 8 nitrogen and oxygen atoms in total. The van der Waals surface area contributed by atoms with Crippen LogP contribution in [0.5, 0.6) is 0 Å². The Bertz CT molecular complexity index is 526. The quantitative estimate of drug-likeness (QED) is 0.451. The van der Waals surface area contributed by atoms with Gasteiger partial charge in [-0.3, -0.25) is 9.79 Å². The normalized spacial score (nSPS) is 25.8. The van der Waals surface area contributed by atoms with Crippen LogP contribution in [-0.4, -0.2) is 74.0 Å². The summed E-state index contributed by atoms with van der Waals surface area (Å²) in [7, 11) is 1.36. The highest BCUT2D eigenvalue weighted by Gasteiger charge is 2.42. The predicted octanol–water partition coefficient (Wildman–Crippen LogP) is -2.15. The molecule has 25 heavy (non-hydrogen) atoms.